The third-order valence-electron chi connectivity index (χ3n) is 9.80. The lowest BCUT2D eigenvalue weighted by Crippen LogP contribution is -2.01. The van der Waals surface area contributed by atoms with Gasteiger partial charge in [-0.15, -0.1) is 0 Å². The lowest BCUT2D eigenvalue weighted by atomic mass is 10.0. The summed E-state index contributed by atoms with van der Waals surface area (Å²) in [6, 6.07) is 54.8. The molecule has 0 aromatic carbocycles. The van der Waals surface area contributed by atoms with Gasteiger partial charge in [-0.2, -0.15) is 0 Å². The number of pyridine rings is 10. The van der Waals surface area contributed by atoms with Crippen LogP contribution in [0.2, 0.25) is 0 Å². The fourth-order valence-corrected chi connectivity index (χ4v) is 6.94. The molecule has 10 aromatic rings. The van der Waals surface area contributed by atoms with Gasteiger partial charge in [-0.05, 0) is 121 Å². The summed E-state index contributed by atoms with van der Waals surface area (Å²) in [6.07, 6.45) is 7.06. The van der Waals surface area contributed by atoms with E-state index in [2.05, 4.69) is 19.9 Å². The normalized spacial score (nSPS) is 11.0. The summed E-state index contributed by atoms with van der Waals surface area (Å²) in [6.45, 7) is 0. The van der Waals surface area contributed by atoms with E-state index in [0.717, 1.165) is 68.1 Å². The predicted octanol–water partition coefficient (Wildman–Crippen LogP) is 10.6. The first-order valence-electron chi connectivity index (χ1n) is 19.3. The van der Waals surface area contributed by atoms with Crippen molar-refractivity contribution < 1.29 is 0 Å². The molecule has 0 saturated carbocycles. The summed E-state index contributed by atoms with van der Waals surface area (Å²) in [5, 5.41) is 0. The van der Waals surface area contributed by atoms with Gasteiger partial charge in [0.15, 0.2) is 0 Å². The minimum absolute atomic E-state index is 0.642. The van der Waals surface area contributed by atoms with Crippen LogP contribution in [-0.4, -0.2) is 49.8 Å². The molecule has 10 heteroatoms. The molecule has 10 nitrogen and oxygen atoms in total. The minimum atomic E-state index is 0.642. The van der Waals surface area contributed by atoms with Crippen LogP contribution in [0.3, 0.4) is 0 Å². The predicted molar refractivity (Wildman–Crippen MR) is 233 cm³/mol. The molecule has 0 saturated heterocycles. The van der Waals surface area contributed by atoms with Crippen molar-refractivity contribution in [1.29, 1.82) is 0 Å². The van der Waals surface area contributed by atoms with E-state index in [9.17, 15) is 0 Å². The Hall–Kier alpha value is -8.50. The highest BCUT2D eigenvalue weighted by Gasteiger charge is 2.20. The van der Waals surface area contributed by atoms with Crippen molar-refractivity contribution in [2.75, 3.05) is 0 Å². The molecule has 282 valence electrons. The van der Waals surface area contributed by atoms with Gasteiger partial charge < -0.3 is 0 Å². The molecule has 0 N–H and O–H groups in total. The van der Waals surface area contributed by atoms with Crippen molar-refractivity contribution in [3.8, 4) is 102 Å². The molecule has 10 rings (SSSR count). The van der Waals surface area contributed by atoms with Crippen LogP contribution >= 0.6 is 0 Å². The Kier molecular flexibility index (Phi) is 9.67. The number of rotatable bonds is 9. The third-order valence-corrected chi connectivity index (χ3v) is 9.80. The van der Waals surface area contributed by atoms with E-state index >= 15 is 0 Å². The van der Waals surface area contributed by atoms with Gasteiger partial charge in [-0.1, -0.05) is 48.5 Å². The van der Waals surface area contributed by atoms with Crippen molar-refractivity contribution in [3.05, 3.63) is 195 Å². The molecule has 0 bridgehead atoms. The van der Waals surface area contributed by atoms with Gasteiger partial charge in [-0.3, -0.25) is 19.9 Å². The number of hydrogen-bond acceptors (Lipinski definition) is 10. The van der Waals surface area contributed by atoms with Gasteiger partial charge in [0.25, 0.3) is 0 Å². The molecule has 10 aromatic heterocycles. The molecule has 0 spiro atoms. The Morgan fingerprint density at radius 3 is 0.767 bits per heavy atom. The molecule has 0 aliphatic heterocycles. The Morgan fingerprint density at radius 1 is 0.183 bits per heavy atom. The van der Waals surface area contributed by atoms with Crippen LogP contribution in [0.4, 0.5) is 0 Å². The highest BCUT2D eigenvalue weighted by atomic mass is 14.9. The molecule has 60 heavy (non-hydrogen) atoms. The Morgan fingerprint density at radius 2 is 0.450 bits per heavy atom. The van der Waals surface area contributed by atoms with Crippen molar-refractivity contribution in [1.82, 2.24) is 49.8 Å². The fraction of sp³-hybridized carbons (Fsp3) is 0. The Bertz CT molecular complexity index is 2880. The second-order valence-electron chi connectivity index (χ2n) is 13.7. The molecule has 0 amide bonds. The summed E-state index contributed by atoms with van der Waals surface area (Å²) in [5.41, 5.74) is 13.0. The first-order chi connectivity index (χ1) is 29.7. The van der Waals surface area contributed by atoms with Crippen LogP contribution < -0.4 is 0 Å². The number of nitrogens with zero attached hydrogens (tertiary/aromatic N) is 10. The van der Waals surface area contributed by atoms with Gasteiger partial charge in [0, 0.05) is 35.9 Å². The van der Waals surface area contributed by atoms with E-state index in [1.807, 2.05) is 170 Å². The molecule has 0 aliphatic carbocycles. The number of aromatic nitrogens is 10. The molecule has 0 unspecified atom stereocenters. The maximum atomic E-state index is 5.33. The zero-order chi connectivity index (χ0) is 40.1. The summed E-state index contributed by atoms with van der Waals surface area (Å²) in [7, 11) is 0. The first kappa shape index (κ1) is 35.9. The molecular weight excluding hydrogens is 741 g/mol. The molecule has 0 radical (unpaired) electrons. The molecular formula is C50H32N10. The highest BCUT2D eigenvalue weighted by Crippen LogP contribution is 2.36. The van der Waals surface area contributed by atoms with Crippen molar-refractivity contribution in [3.63, 3.8) is 0 Å². The van der Waals surface area contributed by atoms with Crippen LogP contribution in [0.25, 0.3) is 102 Å². The summed E-state index contributed by atoms with van der Waals surface area (Å²) >= 11 is 0. The fourth-order valence-electron chi connectivity index (χ4n) is 6.94. The second kappa shape index (κ2) is 16.2. The van der Waals surface area contributed by atoms with Gasteiger partial charge >= 0.3 is 0 Å². The first-order valence-corrected chi connectivity index (χ1v) is 19.3. The maximum Gasteiger partial charge on any atom is 0.0988 e. The SMILES string of the molecule is c1ccc(-c2cccc(-c3ccc(-c4ccc(-c5cccc(-c6ccccn6)n5)c(-c5cccc(-c6ccccn6)n5)n4)nc3-c3cccc(-c4ccccn4)n3)n2)nc1. The van der Waals surface area contributed by atoms with E-state index in [1.54, 1.807) is 24.8 Å². The van der Waals surface area contributed by atoms with Crippen LogP contribution in [0, 0.1) is 0 Å². The monoisotopic (exact) mass is 772 g/mol. The van der Waals surface area contributed by atoms with Gasteiger partial charge in [-0.25, -0.2) is 29.9 Å². The molecule has 0 aliphatic rings. The van der Waals surface area contributed by atoms with Gasteiger partial charge in [0.1, 0.15) is 0 Å². The minimum Gasteiger partial charge on any atom is -0.255 e. The van der Waals surface area contributed by atoms with Crippen LogP contribution in [-0.2, 0) is 0 Å². The average Bonchev–Trinajstić information content (AvgIpc) is 3.35. The summed E-state index contributed by atoms with van der Waals surface area (Å²) in [5.74, 6) is 0. The van der Waals surface area contributed by atoms with E-state index in [4.69, 9.17) is 29.9 Å². The standard InChI is InChI=1S/C50H32N10/c1-5-29-51-37(13-1)41-19-9-17-35(55-41)33-25-27-45(59-49(33)47-23-11-21-43(57-47)39-15-3-7-31-53-39)46-28-26-34(36-18-10-20-42(56-36)38-14-2-6-30-52-38)50(60-46)48-24-12-22-44(58-48)40-16-4-8-32-54-40/h1-32H. The third kappa shape index (κ3) is 7.39. The highest BCUT2D eigenvalue weighted by molar-refractivity contribution is 5.84. The smallest absolute Gasteiger partial charge is 0.0988 e. The molecule has 0 atom stereocenters. The maximum absolute atomic E-state index is 5.33. The largest absolute Gasteiger partial charge is 0.255 e. The summed E-state index contributed by atoms with van der Waals surface area (Å²) in [4.78, 5) is 49.2. The van der Waals surface area contributed by atoms with Crippen molar-refractivity contribution >= 4 is 0 Å². The topological polar surface area (TPSA) is 129 Å². The zero-order valence-electron chi connectivity index (χ0n) is 31.9. The van der Waals surface area contributed by atoms with Crippen LogP contribution in [0.15, 0.2) is 195 Å². The van der Waals surface area contributed by atoms with E-state index < -0.39 is 0 Å². The molecule has 10 heterocycles. The number of hydrogen-bond donors (Lipinski definition) is 0. The Balaban J connectivity index is 1.14. The molecule has 0 fully saturated rings. The quantitative estimate of drug-likeness (QED) is 0.140. The zero-order valence-corrected chi connectivity index (χ0v) is 31.9. The Labute approximate surface area is 345 Å². The van der Waals surface area contributed by atoms with Crippen molar-refractivity contribution in [2.45, 2.75) is 0 Å². The summed E-state index contributed by atoms with van der Waals surface area (Å²) < 4.78 is 0. The lowest BCUT2D eigenvalue weighted by Gasteiger charge is -2.14. The van der Waals surface area contributed by atoms with Crippen LogP contribution in [0.5, 0.6) is 0 Å². The van der Waals surface area contributed by atoms with Crippen molar-refractivity contribution in [2.24, 2.45) is 0 Å². The van der Waals surface area contributed by atoms with E-state index in [1.165, 1.54) is 0 Å². The lowest BCUT2D eigenvalue weighted by molar-refractivity contribution is 1.18. The average molecular weight is 773 g/mol. The van der Waals surface area contributed by atoms with Gasteiger partial charge in [0.05, 0.1) is 91.1 Å². The van der Waals surface area contributed by atoms with Gasteiger partial charge in [0.2, 0.25) is 0 Å². The van der Waals surface area contributed by atoms with Crippen LogP contribution in [0.1, 0.15) is 0 Å². The second-order valence-corrected chi connectivity index (χ2v) is 13.7. The van der Waals surface area contributed by atoms with E-state index in [0.29, 0.717) is 34.2 Å². The van der Waals surface area contributed by atoms with E-state index in [-0.39, 0.29) is 0 Å².